The molecule has 9 heteroatoms. The van der Waals surface area contributed by atoms with Crippen LogP contribution in [-0.2, 0) is 20.9 Å². The van der Waals surface area contributed by atoms with Gasteiger partial charge in [-0.05, 0) is 13.0 Å². The average Bonchev–Trinajstić information content (AvgIpc) is 2.57. The Hall–Kier alpha value is 0.160. The molecule has 0 aliphatic heterocycles. The topological polar surface area (TPSA) is 84.2 Å². The molecular formula is C13H34N2O5S2. The number of nitrogens with one attached hydrogen (secondary N) is 1. The third kappa shape index (κ3) is 10.8. The van der Waals surface area contributed by atoms with Gasteiger partial charge in [0.1, 0.15) is 10.9 Å². The lowest BCUT2D eigenvalue weighted by Crippen LogP contribution is -2.24. The van der Waals surface area contributed by atoms with Gasteiger partial charge in [0.05, 0.1) is 35.5 Å². The van der Waals surface area contributed by atoms with Crippen LogP contribution in [-0.4, -0.2) is 67.2 Å². The molecule has 0 heterocycles. The second-order valence-electron chi connectivity index (χ2n) is 4.01. The van der Waals surface area contributed by atoms with Crippen LogP contribution in [0.25, 0.3) is 0 Å². The normalized spacial score (nSPS) is 13.2. The zero-order valence-electron chi connectivity index (χ0n) is 14.8. The van der Waals surface area contributed by atoms with Crippen molar-refractivity contribution in [2.24, 2.45) is 5.73 Å². The molecular weight excluding hydrogens is 328 g/mol. The molecule has 0 aliphatic carbocycles. The van der Waals surface area contributed by atoms with Gasteiger partial charge >= 0.3 is 0 Å². The summed E-state index contributed by atoms with van der Waals surface area (Å²) in [7, 11) is 4.80. The molecule has 22 heavy (non-hydrogen) atoms. The van der Waals surface area contributed by atoms with Crippen molar-refractivity contribution in [3.8, 4) is 0 Å². The van der Waals surface area contributed by atoms with Gasteiger partial charge in [-0.1, -0.05) is 6.58 Å². The Kier molecular flexibility index (Phi) is 16.3. The summed E-state index contributed by atoms with van der Waals surface area (Å²) >= 11 is 0. The molecule has 138 valence electrons. The third-order valence-corrected chi connectivity index (χ3v) is 7.04. The van der Waals surface area contributed by atoms with Crippen LogP contribution in [0.5, 0.6) is 0 Å². The van der Waals surface area contributed by atoms with E-state index in [-0.39, 0.29) is 0 Å². The Morgan fingerprint density at radius 3 is 1.73 bits per heavy atom. The van der Waals surface area contributed by atoms with Crippen molar-refractivity contribution < 1.29 is 20.9 Å². The van der Waals surface area contributed by atoms with Gasteiger partial charge in [-0.3, -0.25) is 20.9 Å². The van der Waals surface area contributed by atoms with Gasteiger partial charge in [0.25, 0.3) is 0 Å². The van der Waals surface area contributed by atoms with Crippen molar-refractivity contribution in [3.05, 3.63) is 12.0 Å². The fourth-order valence-corrected chi connectivity index (χ4v) is 3.28. The number of hydrogen-bond donors (Lipinski definition) is 2. The molecule has 0 radical (unpaired) electrons. The lowest BCUT2D eigenvalue weighted by atomic mass is 10.5. The van der Waals surface area contributed by atoms with Gasteiger partial charge in [0.15, 0.2) is 0 Å². The molecule has 0 unspecified atom stereocenters. The molecule has 0 aromatic heterocycles. The maximum absolute atomic E-state index is 5.34. The zero-order valence-corrected chi connectivity index (χ0v) is 16.4. The first kappa shape index (κ1) is 24.4. The summed E-state index contributed by atoms with van der Waals surface area (Å²) in [6.07, 6.45) is 3.09. The van der Waals surface area contributed by atoms with E-state index >= 15 is 0 Å². The molecule has 0 fully saturated rings. The van der Waals surface area contributed by atoms with Gasteiger partial charge in [-0.2, -0.15) is 10.6 Å². The highest BCUT2D eigenvalue weighted by Gasteiger charge is 2.16. The van der Waals surface area contributed by atoms with Crippen molar-refractivity contribution in [3.63, 3.8) is 0 Å². The minimum Gasteiger partial charge on any atom is -0.329 e. The van der Waals surface area contributed by atoms with E-state index < -0.39 is 21.5 Å². The van der Waals surface area contributed by atoms with E-state index in [1.807, 2.05) is 6.26 Å². The van der Waals surface area contributed by atoms with Crippen LogP contribution in [0.1, 0.15) is 6.42 Å². The van der Waals surface area contributed by atoms with Gasteiger partial charge in [-0.15, -0.1) is 0 Å². The summed E-state index contributed by atoms with van der Waals surface area (Å²) in [6, 6.07) is 0. The monoisotopic (exact) mass is 362 g/mol. The SMILES string of the molecule is C=CS(OC)(OC)OC.COS(C)(CCCNCCN)OC. The highest BCUT2D eigenvalue weighted by Crippen LogP contribution is 2.49. The zero-order chi connectivity index (χ0) is 17.5. The molecule has 3 N–H and O–H groups in total. The second-order valence-corrected chi connectivity index (χ2v) is 9.26. The summed E-state index contributed by atoms with van der Waals surface area (Å²) in [4.78, 5) is 0. The summed E-state index contributed by atoms with van der Waals surface area (Å²) in [5.74, 6) is 0.970. The summed E-state index contributed by atoms with van der Waals surface area (Å²) in [6.45, 7) is 6.06. The molecule has 0 spiro atoms. The summed E-state index contributed by atoms with van der Waals surface area (Å²) in [5, 5.41) is 4.75. The minimum atomic E-state index is -1.88. The Bertz CT molecular complexity index is 257. The molecule has 0 amide bonds. The van der Waals surface area contributed by atoms with Crippen molar-refractivity contribution in [1.82, 2.24) is 5.32 Å². The van der Waals surface area contributed by atoms with Crippen molar-refractivity contribution in [2.75, 3.05) is 67.2 Å². The molecule has 0 aromatic rings. The van der Waals surface area contributed by atoms with Crippen LogP contribution in [0.3, 0.4) is 0 Å². The second kappa shape index (κ2) is 14.7. The third-order valence-electron chi connectivity index (χ3n) is 2.80. The highest BCUT2D eigenvalue weighted by atomic mass is 32.3. The van der Waals surface area contributed by atoms with Crippen LogP contribution in [0.15, 0.2) is 12.0 Å². The smallest absolute Gasteiger partial charge is 0.111 e. The fraction of sp³-hybridized carbons (Fsp3) is 0.846. The Labute approximate surface area is 139 Å². The first-order valence-electron chi connectivity index (χ1n) is 6.83. The summed E-state index contributed by atoms with van der Waals surface area (Å²) < 4.78 is 25.3. The van der Waals surface area contributed by atoms with Crippen LogP contribution in [0.2, 0.25) is 0 Å². The van der Waals surface area contributed by atoms with Crippen molar-refractivity contribution in [1.29, 1.82) is 0 Å². The average molecular weight is 363 g/mol. The van der Waals surface area contributed by atoms with Crippen LogP contribution in [0, 0.1) is 0 Å². The van der Waals surface area contributed by atoms with Crippen molar-refractivity contribution in [2.45, 2.75) is 6.42 Å². The van der Waals surface area contributed by atoms with E-state index in [9.17, 15) is 0 Å². The molecule has 0 aromatic carbocycles. The Balaban J connectivity index is 0. The fourth-order valence-electron chi connectivity index (χ4n) is 1.33. The molecule has 0 rings (SSSR count). The predicted molar refractivity (Wildman–Crippen MR) is 97.8 cm³/mol. The molecule has 0 aliphatic rings. The maximum Gasteiger partial charge on any atom is 0.111 e. The number of nitrogens with two attached hydrogens (primary N) is 1. The van der Waals surface area contributed by atoms with Crippen LogP contribution in [0.4, 0.5) is 0 Å². The largest absolute Gasteiger partial charge is 0.329 e. The standard InChI is InChI=1S/C8H22N2O2S.C5H12O3S/c1-11-13(3,12-2)8-4-6-10-7-5-9;1-5-9(6-2,7-3)8-4/h10H,4-9H2,1-3H3;5H,1H2,2-4H3. The van der Waals surface area contributed by atoms with Gasteiger partial charge in [-0.25, -0.2) is 0 Å². The lowest BCUT2D eigenvalue weighted by molar-refractivity contribution is 0.258. The van der Waals surface area contributed by atoms with E-state index in [0.717, 1.165) is 25.3 Å². The van der Waals surface area contributed by atoms with Crippen LogP contribution >= 0.6 is 21.5 Å². The molecule has 7 nitrogen and oxygen atoms in total. The Morgan fingerprint density at radius 2 is 1.45 bits per heavy atom. The van der Waals surface area contributed by atoms with E-state index in [4.69, 9.17) is 26.6 Å². The van der Waals surface area contributed by atoms with Gasteiger partial charge in [0.2, 0.25) is 0 Å². The minimum absolute atomic E-state index is 0.693. The number of rotatable bonds is 12. The molecule has 0 saturated carbocycles. The van der Waals surface area contributed by atoms with E-state index in [1.54, 1.807) is 14.2 Å². The van der Waals surface area contributed by atoms with Crippen LogP contribution < -0.4 is 11.1 Å². The van der Waals surface area contributed by atoms with Gasteiger partial charge in [0, 0.05) is 30.5 Å². The quantitative estimate of drug-likeness (QED) is 0.514. The summed E-state index contributed by atoms with van der Waals surface area (Å²) in [5.41, 5.74) is 5.34. The number of hydrogen-bond acceptors (Lipinski definition) is 7. The molecule has 0 atom stereocenters. The Morgan fingerprint density at radius 1 is 0.955 bits per heavy atom. The van der Waals surface area contributed by atoms with E-state index in [1.165, 1.54) is 26.7 Å². The first-order chi connectivity index (χ1) is 10.4. The van der Waals surface area contributed by atoms with E-state index in [0.29, 0.717) is 6.54 Å². The van der Waals surface area contributed by atoms with Crippen molar-refractivity contribution >= 4 is 21.5 Å². The maximum atomic E-state index is 5.34. The molecule has 0 saturated heterocycles. The van der Waals surface area contributed by atoms with E-state index in [2.05, 4.69) is 11.9 Å². The van der Waals surface area contributed by atoms with Gasteiger partial charge < -0.3 is 11.1 Å². The highest BCUT2D eigenvalue weighted by molar-refractivity contribution is 8.25. The first-order valence-corrected chi connectivity index (χ1v) is 10.4. The lowest BCUT2D eigenvalue weighted by Gasteiger charge is -2.36. The molecule has 0 bridgehead atoms. The predicted octanol–water partition coefficient (Wildman–Crippen LogP) is 2.10.